The zero-order chi connectivity index (χ0) is 45.4. The molecule has 0 saturated heterocycles. The fraction of sp³-hybridized carbons (Fsp3) is 0.0317. The Morgan fingerprint density at radius 1 is 0.377 bits per heavy atom. The molecule has 1 aliphatic rings. The summed E-state index contributed by atoms with van der Waals surface area (Å²) < 4.78 is 12.0. The number of fused-ring (bicyclic) bond motifs is 9. The van der Waals surface area contributed by atoms with E-state index in [1.54, 1.807) is 0 Å². The molecule has 14 rings (SSSR count). The Morgan fingerprint density at radius 3 is 1.54 bits per heavy atom. The molecular formula is C63H41N5O. The van der Waals surface area contributed by atoms with Crippen molar-refractivity contribution in [2.24, 2.45) is 0 Å². The third-order valence-corrected chi connectivity index (χ3v) is 13.9. The van der Waals surface area contributed by atoms with Crippen molar-refractivity contribution in [2.45, 2.75) is 12.5 Å². The number of para-hydroxylation sites is 4. The van der Waals surface area contributed by atoms with Crippen molar-refractivity contribution in [2.75, 3.05) is 0 Å². The van der Waals surface area contributed by atoms with E-state index in [1.165, 1.54) is 43.7 Å². The van der Waals surface area contributed by atoms with Gasteiger partial charge in [-0.15, -0.1) is 0 Å². The van der Waals surface area contributed by atoms with Gasteiger partial charge in [-0.2, -0.15) is 0 Å². The molecule has 13 aromatic rings. The molecule has 0 radical (unpaired) electrons. The van der Waals surface area contributed by atoms with E-state index >= 15 is 0 Å². The fourth-order valence-electron chi connectivity index (χ4n) is 10.7. The normalized spacial score (nSPS) is 13.8. The summed E-state index contributed by atoms with van der Waals surface area (Å²) in [5.41, 5.74) is 14.6. The number of aromatic nitrogens is 5. The van der Waals surface area contributed by atoms with Crippen LogP contribution in [0.25, 0.3) is 128 Å². The van der Waals surface area contributed by atoms with Gasteiger partial charge in [-0.3, -0.25) is 0 Å². The van der Waals surface area contributed by atoms with E-state index in [0.29, 0.717) is 17.5 Å². The van der Waals surface area contributed by atoms with Gasteiger partial charge in [-0.05, 0) is 83.8 Å². The molecule has 69 heavy (non-hydrogen) atoms. The predicted octanol–water partition coefficient (Wildman–Crippen LogP) is 16.4. The van der Waals surface area contributed by atoms with Gasteiger partial charge in [-0.25, -0.2) is 15.0 Å². The van der Waals surface area contributed by atoms with Crippen molar-refractivity contribution in [1.82, 2.24) is 24.1 Å². The number of nitrogens with zero attached hydrogens (tertiary/aromatic N) is 5. The lowest BCUT2D eigenvalue weighted by atomic mass is 9.98. The van der Waals surface area contributed by atoms with Crippen LogP contribution >= 0.6 is 0 Å². The summed E-state index contributed by atoms with van der Waals surface area (Å²) in [5, 5.41) is 6.94. The van der Waals surface area contributed by atoms with Crippen LogP contribution in [0.2, 0.25) is 0 Å². The zero-order valence-corrected chi connectivity index (χ0v) is 37.4. The van der Waals surface area contributed by atoms with Gasteiger partial charge in [0.2, 0.25) is 0 Å². The van der Waals surface area contributed by atoms with Gasteiger partial charge in [0.15, 0.2) is 17.5 Å². The molecule has 4 aromatic heterocycles. The Balaban J connectivity index is 0.933. The second-order valence-corrected chi connectivity index (χ2v) is 17.9. The van der Waals surface area contributed by atoms with E-state index in [4.69, 9.17) is 19.4 Å². The maximum absolute atomic E-state index is 7.06. The van der Waals surface area contributed by atoms with Crippen LogP contribution < -0.4 is 0 Å². The smallest absolute Gasteiger partial charge is 0.167 e. The number of hydrogen-bond donors (Lipinski definition) is 0. The molecule has 0 spiro atoms. The largest absolute Gasteiger partial charge is 0.455 e. The van der Waals surface area contributed by atoms with Crippen LogP contribution in [0.5, 0.6) is 0 Å². The van der Waals surface area contributed by atoms with Crippen molar-refractivity contribution in [3.8, 4) is 62.1 Å². The second-order valence-electron chi connectivity index (χ2n) is 17.9. The van der Waals surface area contributed by atoms with Gasteiger partial charge in [-0.1, -0.05) is 170 Å². The molecule has 0 N–H and O–H groups in total. The van der Waals surface area contributed by atoms with Crippen LogP contribution in [0.1, 0.15) is 12.5 Å². The highest BCUT2D eigenvalue weighted by molar-refractivity contribution is 6.16. The molecule has 0 saturated carbocycles. The standard InChI is InChI=1S/C63H41N5O/c1-5-17-40(18-6-1)61-64-62(41-19-7-2-8-20-41)66-63(65-61)51-29-16-28-50-49-27-15-26-47(59(49)69-60(50)51)44-33-36-58-54(39-44)53-38-43(32-35-57(53)68(58)46-23-11-4-12-24-46)42-31-34-56-52(37-42)48-25-13-14-30-55(48)67(56)45-21-9-3-10-22-45/h1-21,23-39,45H,22H2. The van der Waals surface area contributed by atoms with Crippen molar-refractivity contribution < 1.29 is 4.42 Å². The van der Waals surface area contributed by atoms with Gasteiger partial charge in [0, 0.05) is 65.7 Å². The van der Waals surface area contributed by atoms with Crippen LogP contribution in [0.3, 0.4) is 0 Å². The first-order valence-corrected chi connectivity index (χ1v) is 23.5. The van der Waals surface area contributed by atoms with Gasteiger partial charge < -0.3 is 13.6 Å². The van der Waals surface area contributed by atoms with Crippen LogP contribution in [-0.4, -0.2) is 24.1 Å². The summed E-state index contributed by atoms with van der Waals surface area (Å²) in [6, 6.07) is 73.4. The number of hydrogen-bond acceptors (Lipinski definition) is 4. The number of benzene rings is 9. The van der Waals surface area contributed by atoms with Gasteiger partial charge in [0.05, 0.1) is 22.6 Å². The quantitative estimate of drug-likeness (QED) is 0.160. The van der Waals surface area contributed by atoms with E-state index in [-0.39, 0.29) is 6.04 Å². The summed E-state index contributed by atoms with van der Waals surface area (Å²) in [6.07, 6.45) is 9.88. The minimum Gasteiger partial charge on any atom is -0.455 e. The van der Waals surface area contributed by atoms with Crippen molar-refractivity contribution >= 4 is 65.6 Å². The Morgan fingerprint density at radius 2 is 0.884 bits per heavy atom. The maximum Gasteiger partial charge on any atom is 0.167 e. The lowest BCUT2D eigenvalue weighted by Crippen LogP contribution is -2.06. The first kappa shape index (κ1) is 39.1. The summed E-state index contributed by atoms with van der Waals surface area (Å²) in [7, 11) is 0. The first-order chi connectivity index (χ1) is 34.2. The summed E-state index contributed by atoms with van der Waals surface area (Å²) in [6.45, 7) is 0. The van der Waals surface area contributed by atoms with E-state index in [9.17, 15) is 0 Å². The van der Waals surface area contributed by atoms with Crippen molar-refractivity contribution in [3.05, 3.63) is 231 Å². The van der Waals surface area contributed by atoms with Crippen molar-refractivity contribution in [3.63, 3.8) is 0 Å². The van der Waals surface area contributed by atoms with Crippen LogP contribution in [-0.2, 0) is 0 Å². The molecule has 0 aliphatic heterocycles. The molecule has 9 aromatic carbocycles. The van der Waals surface area contributed by atoms with Crippen LogP contribution in [0.4, 0.5) is 0 Å². The average Bonchev–Trinajstić information content (AvgIpc) is 4.09. The summed E-state index contributed by atoms with van der Waals surface area (Å²) in [5.74, 6) is 1.78. The molecule has 324 valence electrons. The summed E-state index contributed by atoms with van der Waals surface area (Å²) >= 11 is 0. The average molecular weight is 884 g/mol. The summed E-state index contributed by atoms with van der Waals surface area (Å²) in [4.78, 5) is 15.1. The second kappa shape index (κ2) is 15.8. The van der Waals surface area contributed by atoms with E-state index in [0.717, 1.165) is 72.9 Å². The van der Waals surface area contributed by atoms with E-state index < -0.39 is 0 Å². The Kier molecular flexibility index (Phi) is 8.92. The molecule has 0 fully saturated rings. The van der Waals surface area contributed by atoms with Gasteiger partial charge >= 0.3 is 0 Å². The third kappa shape index (κ3) is 6.37. The lowest BCUT2D eigenvalue weighted by molar-refractivity contribution is 0.648. The monoisotopic (exact) mass is 883 g/mol. The minimum absolute atomic E-state index is 0.280. The van der Waals surface area contributed by atoms with Crippen molar-refractivity contribution in [1.29, 1.82) is 0 Å². The Labute approximate surface area is 397 Å². The first-order valence-electron chi connectivity index (χ1n) is 23.5. The highest BCUT2D eigenvalue weighted by atomic mass is 16.3. The van der Waals surface area contributed by atoms with Crippen LogP contribution in [0, 0.1) is 0 Å². The fourth-order valence-corrected chi connectivity index (χ4v) is 10.7. The lowest BCUT2D eigenvalue weighted by Gasteiger charge is -2.18. The van der Waals surface area contributed by atoms with E-state index in [2.05, 4.69) is 173 Å². The maximum atomic E-state index is 7.06. The molecule has 6 heteroatoms. The number of allylic oxidation sites excluding steroid dienone is 4. The van der Waals surface area contributed by atoms with Gasteiger partial charge in [0.1, 0.15) is 11.2 Å². The highest BCUT2D eigenvalue weighted by Crippen LogP contribution is 2.43. The molecule has 1 unspecified atom stereocenters. The number of furan rings is 1. The van der Waals surface area contributed by atoms with E-state index in [1.807, 2.05) is 66.7 Å². The topological polar surface area (TPSA) is 61.7 Å². The Hall–Kier alpha value is -9.13. The molecule has 1 atom stereocenters. The molecular weight excluding hydrogens is 843 g/mol. The minimum atomic E-state index is 0.280. The molecule has 0 amide bonds. The predicted molar refractivity (Wildman–Crippen MR) is 284 cm³/mol. The highest BCUT2D eigenvalue weighted by Gasteiger charge is 2.22. The Bertz CT molecular complexity index is 4160. The van der Waals surface area contributed by atoms with Crippen LogP contribution in [0.15, 0.2) is 235 Å². The molecule has 1 aliphatic carbocycles. The number of rotatable bonds is 7. The third-order valence-electron chi connectivity index (χ3n) is 13.9. The molecule has 4 heterocycles. The van der Waals surface area contributed by atoms with Gasteiger partial charge in [0.25, 0.3) is 0 Å². The zero-order valence-electron chi connectivity index (χ0n) is 37.4. The molecule has 0 bridgehead atoms. The SMILES string of the molecule is C1=CCC(n2c3ccccc3c3cc(-c4ccc5c(c4)c4cc(-c6cccc7c6oc6c(-c8nc(-c9ccccc9)nc(-c9ccccc9)n8)cccc67)ccc4n5-c4ccccc4)ccc32)C=C1. The molecule has 6 nitrogen and oxygen atoms in total.